The molecule has 0 unspecified atom stereocenters. The maximum atomic E-state index is 9.99. The van der Waals surface area contributed by atoms with Crippen molar-refractivity contribution in [3.8, 4) is 5.75 Å². The van der Waals surface area contributed by atoms with E-state index < -0.39 is 0 Å². The molecule has 0 spiro atoms. The lowest BCUT2D eigenvalue weighted by Gasteiger charge is -2.35. The lowest BCUT2D eigenvalue weighted by molar-refractivity contribution is 0.166. The molecule has 0 aliphatic heterocycles. The van der Waals surface area contributed by atoms with Gasteiger partial charge in [-0.2, -0.15) is 0 Å². The Morgan fingerprint density at radius 3 is 2.35 bits per heavy atom. The lowest BCUT2D eigenvalue weighted by Crippen LogP contribution is -2.29. The number of aromatic hydroxyl groups is 1. The highest BCUT2D eigenvalue weighted by Gasteiger charge is 2.34. The van der Waals surface area contributed by atoms with Gasteiger partial charge in [0, 0.05) is 0 Å². The SMILES string of the molecule is C=CC/C=C(\OC/C=C(\C)OCc1ccccc1)C(CC)(CC)c1ccc(O)c(C)c1. The molecular weight excluding hydrogens is 384 g/mol. The van der Waals surface area contributed by atoms with Crippen molar-refractivity contribution in [2.75, 3.05) is 6.61 Å². The van der Waals surface area contributed by atoms with Crippen molar-refractivity contribution in [2.45, 2.75) is 59.0 Å². The van der Waals surface area contributed by atoms with Gasteiger partial charge in [0.15, 0.2) is 0 Å². The van der Waals surface area contributed by atoms with Crippen LogP contribution >= 0.6 is 0 Å². The van der Waals surface area contributed by atoms with E-state index in [1.165, 1.54) is 0 Å². The van der Waals surface area contributed by atoms with Crippen molar-refractivity contribution in [2.24, 2.45) is 0 Å². The highest BCUT2D eigenvalue weighted by atomic mass is 16.5. The third-order valence-corrected chi connectivity index (χ3v) is 5.82. The number of phenolic OH excluding ortho intramolecular Hbond substituents is 1. The summed E-state index contributed by atoms with van der Waals surface area (Å²) in [4.78, 5) is 0. The molecule has 0 amide bonds. The third-order valence-electron chi connectivity index (χ3n) is 5.82. The molecule has 2 aromatic rings. The molecule has 166 valence electrons. The minimum atomic E-state index is -0.256. The number of aryl methyl sites for hydroxylation is 1. The second-order valence-corrected chi connectivity index (χ2v) is 7.78. The van der Waals surface area contributed by atoms with Crippen LogP contribution < -0.4 is 0 Å². The van der Waals surface area contributed by atoms with Crippen LogP contribution in [0.5, 0.6) is 5.75 Å². The molecule has 0 aromatic heterocycles. The Morgan fingerprint density at radius 2 is 1.74 bits per heavy atom. The Morgan fingerprint density at radius 1 is 1.03 bits per heavy atom. The molecule has 3 nitrogen and oxygen atoms in total. The Balaban J connectivity index is 2.18. The van der Waals surface area contributed by atoms with E-state index in [1.807, 2.05) is 50.3 Å². The van der Waals surface area contributed by atoms with Crippen molar-refractivity contribution in [3.63, 3.8) is 0 Å². The van der Waals surface area contributed by atoms with Crippen LogP contribution in [0.4, 0.5) is 0 Å². The van der Waals surface area contributed by atoms with Gasteiger partial charge < -0.3 is 14.6 Å². The first-order valence-corrected chi connectivity index (χ1v) is 11.0. The van der Waals surface area contributed by atoms with Crippen molar-refractivity contribution >= 4 is 0 Å². The van der Waals surface area contributed by atoms with E-state index in [9.17, 15) is 5.11 Å². The number of ether oxygens (including phenoxy) is 2. The minimum Gasteiger partial charge on any atom is -0.508 e. The normalized spacial score (nSPS) is 12.5. The average Bonchev–Trinajstić information content (AvgIpc) is 2.79. The van der Waals surface area contributed by atoms with Gasteiger partial charge in [-0.25, -0.2) is 0 Å². The molecule has 0 aliphatic rings. The monoisotopic (exact) mass is 420 g/mol. The zero-order valence-corrected chi connectivity index (χ0v) is 19.4. The van der Waals surface area contributed by atoms with E-state index in [-0.39, 0.29) is 5.41 Å². The predicted molar refractivity (Wildman–Crippen MR) is 129 cm³/mol. The second-order valence-electron chi connectivity index (χ2n) is 7.78. The van der Waals surface area contributed by atoms with Gasteiger partial charge in [-0.1, -0.05) is 62.4 Å². The lowest BCUT2D eigenvalue weighted by atomic mass is 9.73. The van der Waals surface area contributed by atoms with Crippen LogP contribution in [0.1, 0.15) is 56.7 Å². The Labute approximate surface area is 187 Å². The standard InChI is InChI=1S/C28H36O3/c1-6-9-15-27(28(7-2,8-3)25-16-17-26(29)22(4)20-25)30-19-18-23(5)31-21-24-13-11-10-12-14-24/h6,10-18,20,29H,1,7-9,19,21H2,2-5H3/b23-18+,27-15-. The number of allylic oxidation sites excluding steroid dienone is 4. The van der Waals surface area contributed by atoms with E-state index in [0.717, 1.165) is 47.5 Å². The predicted octanol–water partition coefficient (Wildman–Crippen LogP) is 7.36. The summed E-state index contributed by atoms with van der Waals surface area (Å²) in [6.07, 6.45) is 8.50. The van der Waals surface area contributed by atoms with Gasteiger partial charge in [0.05, 0.1) is 11.2 Å². The molecule has 31 heavy (non-hydrogen) atoms. The van der Waals surface area contributed by atoms with Gasteiger partial charge >= 0.3 is 0 Å². The van der Waals surface area contributed by atoms with Gasteiger partial charge in [0.2, 0.25) is 0 Å². The quantitative estimate of drug-likeness (QED) is 0.288. The minimum absolute atomic E-state index is 0.256. The van der Waals surface area contributed by atoms with E-state index in [0.29, 0.717) is 19.0 Å². The first kappa shape index (κ1) is 24.3. The highest BCUT2D eigenvalue weighted by molar-refractivity contribution is 5.42. The first-order chi connectivity index (χ1) is 15.0. The molecule has 2 rings (SSSR count). The number of phenols is 1. The molecule has 0 saturated carbocycles. The maximum Gasteiger partial charge on any atom is 0.118 e. The summed E-state index contributed by atoms with van der Waals surface area (Å²) in [5.74, 6) is 2.09. The molecule has 0 radical (unpaired) electrons. The fourth-order valence-corrected chi connectivity index (χ4v) is 3.76. The van der Waals surface area contributed by atoms with Gasteiger partial charge in [-0.3, -0.25) is 0 Å². The van der Waals surface area contributed by atoms with Gasteiger partial charge in [0.1, 0.15) is 24.7 Å². The van der Waals surface area contributed by atoms with Crippen molar-refractivity contribution in [1.29, 1.82) is 0 Å². The Bertz CT molecular complexity index is 890. The van der Waals surface area contributed by atoms with E-state index in [1.54, 1.807) is 6.07 Å². The summed E-state index contributed by atoms with van der Waals surface area (Å²) in [6, 6.07) is 16.0. The number of hydrogen-bond donors (Lipinski definition) is 1. The van der Waals surface area contributed by atoms with Gasteiger partial charge in [-0.05, 0) is 68.0 Å². The summed E-state index contributed by atoms with van der Waals surface area (Å²) < 4.78 is 12.2. The van der Waals surface area contributed by atoms with Crippen LogP contribution in [0.2, 0.25) is 0 Å². The fourth-order valence-electron chi connectivity index (χ4n) is 3.76. The Kier molecular flexibility index (Phi) is 9.45. The largest absolute Gasteiger partial charge is 0.508 e. The molecule has 3 heteroatoms. The highest BCUT2D eigenvalue weighted by Crippen LogP contribution is 2.41. The van der Waals surface area contributed by atoms with E-state index >= 15 is 0 Å². The van der Waals surface area contributed by atoms with Crippen LogP contribution in [0.25, 0.3) is 0 Å². The molecular formula is C28H36O3. The van der Waals surface area contributed by atoms with Crippen LogP contribution in [-0.2, 0) is 21.5 Å². The summed E-state index contributed by atoms with van der Waals surface area (Å²) >= 11 is 0. The average molecular weight is 421 g/mol. The molecule has 2 aromatic carbocycles. The Hall–Kier alpha value is -2.94. The molecule has 1 N–H and O–H groups in total. The number of benzene rings is 2. The molecule has 0 bridgehead atoms. The molecule has 0 atom stereocenters. The topological polar surface area (TPSA) is 38.7 Å². The summed E-state index contributed by atoms with van der Waals surface area (Å²) in [5, 5.41) is 9.99. The second kappa shape index (κ2) is 12.0. The van der Waals surface area contributed by atoms with Crippen LogP contribution in [0.3, 0.4) is 0 Å². The number of rotatable bonds is 12. The third kappa shape index (κ3) is 6.52. The van der Waals surface area contributed by atoms with Crippen LogP contribution in [0.15, 0.2) is 84.9 Å². The zero-order valence-electron chi connectivity index (χ0n) is 19.4. The summed E-state index contributed by atoms with van der Waals surface area (Å²) in [6.45, 7) is 13.1. The van der Waals surface area contributed by atoms with E-state index in [2.05, 4.69) is 44.7 Å². The van der Waals surface area contributed by atoms with Crippen molar-refractivity contribution in [1.82, 2.24) is 0 Å². The van der Waals surface area contributed by atoms with E-state index in [4.69, 9.17) is 9.47 Å². The van der Waals surface area contributed by atoms with Crippen LogP contribution in [0, 0.1) is 6.92 Å². The molecule has 0 fully saturated rings. The van der Waals surface area contributed by atoms with Gasteiger partial charge in [-0.15, -0.1) is 6.58 Å². The van der Waals surface area contributed by atoms with Crippen LogP contribution in [-0.4, -0.2) is 11.7 Å². The molecule has 0 heterocycles. The maximum absolute atomic E-state index is 9.99. The zero-order chi connectivity index (χ0) is 22.7. The fraction of sp³-hybridized carbons (Fsp3) is 0.357. The smallest absolute Gasteiger partial charge is 0.118 e. The van der Waals surface area contributed by atoms with Crippen molar-refractivity contribution in [3.05, 3.63) is 102 Å². The van der Waals surface area contributed by atoms with Crippen molar-refractivity contribution < 1.29 is 14.6 Å². The first-order valence-electron chi connectivity index (χ1n) is 11.0. The molecule has 0 aliphatic carbocycles. The molecule has 0 saturated heterocycles. The number of hydrogen-bond acceptors (Lipinski definition) is 3. The summed E-state index contributed by atoms with van der Waals surface area (Å²) in [7, 11) is 0. The summed E-state index contributed by atoms with van der Waals surface area (Å²) in [5.41, 5.74) is 2.91. The van der Waals surface area contributed by atoms with Gasteiger partial charge in [0.25, 0.3) is 0 Å².